The number of benzene rings is 1. The van der Waals surface area contributed by atoms with Crippen LogP contribution >= 0.6 is 0 Å². The third-order valence-corrected chi connectivity index (χ3v) is 12.3. The predicted octanol–water partition coefficient (Wildman–Crippen LogP) is 16.7. The molecule has 1 N–H and O–H groups in total. The van der Waals surface area contributed by atoms with Crippen molar-refractivity contribution >= 4 is 10.1 Å². The minimum Gasteiger partial charge on any atom is -0.282 e. The van der Waals surface area contributed by atoms with Crippen molar-refractivity contribution in [2.45, 2.75) is 269 Å². The first-order chi connectivity index (χ1) is 25.1. The van der Waals surface area contributed by atoms with Crippen LogP contribution in [0.15, 0.2) is 29.2 Å². The number of aryl methyl sites for hydroxylation is 1. The maximum absolute atomic E-state index is 11.5. The monoisotopic (exact) mass is 733 g/mol. The van der Waals surface area contributed by atoms with Gasteiger partial charge in [0.15, 0.2) is 0 Å². The molecule has 1 aromatic rings. The summed E-state index contributed by atoms with van der Waals surface area (Å²) in [6, 6.07) is 6.82. The van der Waals surface area contributed by atoms with Gasteiger partial charge < -0.3 is 0 Å². The average Bonchev–Trinajstić information content (AvgIpc) is 3.12. The van der Waals surface area contributed by atoms with E-state index < -0.39 is 10.1 Å². The Morgan fingerprint density at radius 1 is 0.353 bits per heavy atom. The second-order valence-corrected chi connectivity index (χ2v) is 17.7. The zero-order chi connectivity index (χ0) is 36.8. The van der Waals surface area contributed by atoms with Crippen molar-refractivity contribution in [3.05, 3.63) is 29.8 Å². The summed E-state index contributed by atoms with van der Waals surface area (Å²) in [6.07, 6.45) is 56.0. The van der Waals surface area contributed by atoms with Crippen LogP contribution in [0, 0.1) is 0 Å². The first-order valence-electron chi connectivity index (χ1n) is 23.1. The lowest BCUT2D eigenvalue weighted by Gasteiger charge is -2.07. The van der Waals surface area contributed by atoms with Crippen LogP contribution in [0.25, 0.3) is 0 Å². The third kappa shape index (κ3) is 33.4. The smallest absolute Gasteiger partial charge is 0.282 e. The van der Waals surface area contributed by atoms with Crippen molar-refractivity contribution in [2.75, 3.05) is 0 Å². The second kappa shape index (κ2) is 37.4. The van der Waals surface area contributed by atoms with E-state index in [-0.39, 0.29) is 4.90 Å². The van der Waals surface area contributed by atoms with Crippen LogP contribution in [0.4, 0.5) is 0 Å². The van der Waals surface area contributed by atoms with Crippen molar-refractivity contribution < 1.29 is 13.0 Å². The number of hydrogen-bond donors (Lipinski definition) is 1. The van der Waals surface area contributed by atoms with Gasteiger partial charge in [0, 0.05) is 0 Å². The first-order valence-corrected chi connectivity index (χ1v) is 24.5. The Kier molecular flexibility index (Phi) is 35.4. The van der Waals surface area contributed by atoms with Crippen LogP contribution in [0.5, 0.6) is 0 Å². The van der Waals surface area contributed by atoms with E-state index in [1.54, 1.807) is 6.07 Å². The van der Waals surface area contributed by atoms with E-state index >= 15 is 0 Å². The van der Waals surface area contributed by atoms with Crippen molar-refractivity contribution in [1.82, 2.24) is 0 Å². The molecule has 0 saturated heterocycles. The minimum atomic E-state index is -4.12. The van der Waals surface area contributed by atoms with Crippen molar-refractivity contribution in [3.63, 3.8) is 0 Å². The quantitative estimate of drug-likeness (QED) is 0.0539. The topological polar surface area (TPSA) is 54.4 Å². The zero-order valence-electron chi connectivity index (χ0n) is 34.3. The van der Waals surface area contributed by atoms with Gasteiger partial charge in [0.2, 0.25) is 0 Å². The van der Waals surface area contributed by atoms with Crippen LogP contribution < -0.4 is 0 Å². The summed E-state index contributed by atoms with van der Waals surface area (Å²) in [6.45, 7) is 2.30. The molecule has 0 heterocycles. The van der Waals surface area contributed by atoms with Gasteiger partial charge in [0.05, 0.1) is 4.90 Å². The van der Waals surface area contributed by atoms with Crippen LogP contribution in [-0.4, -0.2) is 13.0 Å². The summed E-state index contributed by atoms with van der Waals surface area (Å²) in [5.41, 5.74) is 0.738. The fourth-order valence-corrected chi connectivity index (χ4v) is 8.64. The normalized spacial score (nSPS) is 11.9. The van der Waals surface area contributed by atoms with E-state index in [1.807, 2.05) is 12.1 Å². The highest BCUT2D eigenvalue weighted by molar-refractivity contribution is 7.85. The largest absolute Gasteiger partial charge is 0.294 e. The Bertz CT molecular complexity index is 943. The van der Waals surface area contributed by atoms with Gasteiger partial charge in [-0.2, -0.15) is 8.42 Å². The Morgan fingerprint density at radius 3 is 0.804 bits per heavy atom. The molecular formula is C47H88O3S. The van der Waals surface area contributed by atoms with E-state index in [0.717, 1.165) is 24.8 Å². The summed E-state index contributed by atoms with van der Waals surface area (Å²) in [4.78, 5) is 0.0710. The van der Waals surface area contributed by atoms with E-state index in [9.17, 15) is 13.0 Å². The SMILES string of the molecule is CCCCCCCCCCCCCCCCCCCCCCCCCCCCCCCCCCCCCCCCCc1ccccc1S(=O)(=O)O. The second-order valence-electron chi connectivity index (χ2n) is 16.3. The molecule has 0 radical (unpaired) electrons. The molecule has 0 aliphatic heterocycles. The summed E-state index contributed by atoms with van der Waals surface area (Å²) in [5.74, 6) is 0. The molecule has 0 bridgehead atoms. The molecule has 0 aliphatic carbocycles. The van der Waals surface area contributed by atoms with Crippen molar-refractivity contribution in [1.29, 1.82) is 0 Å². The molecule has 51 heavy (non-hydrogen) atoms. The predicted molar refractivity (Wildman–Crippen MR) is 226 cm³/mol. The zero-order valence-corrected chi connectivity index (χ0v) is 35.1. The highest BCUT2D eigenvalue weighted by Gasteiger charge is 2.13. The molecule has 4 heteroatoms. The Balaban J connectivity index is 1.67. The molecule has 0 unspecified atom stereocenters. The van der Waals surface area contributed by atoms with Crippen LogP contribution in [0.2, 0.25) is 0 Å². The molecule has 0 fully saturated rings. The highest BCUT2D eigenvalue weighted by Crippen LogP contribution is 2.20. The molecule has 0 amide bonds. The summed E-state index contributed by atoms with van der Waals surface area (Å²) >= 11 is 0. The van der Waals surface area contributed by atoms with Gasteiger partial charge in [0.25, 0.3) is 10.1 Å². The lowest BCUT2D eigenvalue weighted by Crippen LogP contribution is -2.03. The number of rotatable bonds is 41. The van der Waals surface area contributed by atoms with E-state index in [4.69, 9.17) is 0 Å². The average molecular weight is 733 g/mol. The summed E-state index contributed by atoms with van der Waals surface area (Å²) < 4.78 is 32.4. The van der Waals surface area contributed by atoms with Gasteiger partial charge in [-0.05, 0) is 24.5 Å². The first kappa shape index (κ1) is 48.1. The molecule has 0 atom stereocenters. The molecule has 0 saturated carbocycles. The molecule has 300 valence electrons. The van der Waals surface area contributed by atoms with E-state index in [1.165, 1.54) is 244 Å². The van der Waals surface area contributed by atoms with Gasteiger partial charge in [-0.25, -0.2) is 0 Å². The van der Waals surface area contributed by atoms with Crippen LogP contribution in [0.3, 0.4) is 0 Å². The Hall–Kier alpha value is -0.870. The van der Waals surface area contributed by atoms with E-state index in [2.05, 4.69) is 6.92 Å². The van der Waals surface area contributed by atoms with Gasteiger partial charge >= 0.3 is 0 Å². The van der Waals surface area contributed by atoms with Gasteiger partial charge in [0.1, 0.15) is 0 Å². The maximum atomic E-state index is 11.5. The maximum Gasteiger partial charge on any atom is 0.294 e. The molecular weight excluding hydrogens is 645 g/mol. The van der Waals surface area contributed by atoms with Crippen molar-refractivity contribution in [2.24, 2.45) is 0 Å². The third-order valence-electron chi connectivity index (χ3n) is 11.3. The molecule has 0 aliphatic rings. The number of hydrogen-bond acceptors (Lipinski definition) is 2. The number of unbranched alkanes of at least 4 members (excludes halogenated alkanes) is 38. The highest BCUT2D eigenvalue weighted by atomic mass is 32.2. The molecule has 1 aromatic carbocycles. The van der Waals surface area contributed by atoms with Gasteiger partial charge in [-0.1, -0.05) is 269 Å². The van der Waals surface area contributed by atoms with Gasteiger partial charge in [-0.15, -0.1) is 0 Å². The fraction of sp³-hybridized carbons (Fsp3) is 0.872. The lowest BCUT2D eigenvalue weighted by molar-refractivity contribution is 0.481. The standard InChI is InChI=1S/C47H88O3S/c1-2-3-4-5-6-7-8-9-10-11-12-13-14-15-16-17-18-19-20-21-22-23-24-25-26-27-28-29-30-31-32-33-34-35-36-37-38-39-40-43-46-44-41-42-45-47(46)51(48,49)50/h41-42,44-45H,2-40,43H2,1H3,(H,48,49,50). The summed E-state index contributed by atoms with van der Waals surface area (Å²) in [5, 5.41) is 0. The van der Waals surface area contributed by atoms with Crippen molar-refractivity contribution in [3.8, 4) is 0 Å². The van der Waals surface area contributed by atoms with Crippen LogP contribution in [0.1, 0.15) is 263 Å². The fourth-order valence-electron chi connectivity index (χ4n) is 7.89. The van der Waals surface area contributed by atoms with Gasteiger partial charge in [-0.3, -0.25) is 4.55 Å². The Labute approximate surface area is 320 Å². The molecule has 0 spiro atoms. The molecule has 3 nitrogen and oxygen atoms in total. The Morgan fingerprint density at radius 2 is 0.569 bits per heavy atom. The van der Waals surface area contributed by atoms with E-state index in [0.29, 0.717) is 0 Å². The minimum absolute atomic E-state index is 0.0710. The lowest BCUT2D eigenvalue weighted by atomic mass is 10.0. The molecule has 0 aromatic heterocycles. The molecule has 1 rings (SSSR count). The van der Waals surface area contributed by atoms with Crippen LogP contribution in [-0.2, 0) is 16.5 Å². The summed E-state index contributed by atoms with van der Waals surface area (Å²) in [7, 11) is -4.12.